The van der Waals surface area contributed by atoms with E-state index in [0.717, 1.165) is 22.3 Å². The van der Waals surface area contributed by atoms with Crippen molar-refractivity contribution < 1.29 is 9.59 Å². The van der Waals surface area contributed by atoms with Gasteiger partial charge in [0.05, 0.1) is 11.8 Å². The van der Waals surface area contributed by atoms with E-state index in [1.54, 1.807) is 0 Å². The van der Waals surface area contributed by atoms with E-state index in [9.17, 15) is 9.59 Å². The lowest BCUT2D eigenvalue weighted by molar-refractivity contribution is -0.120. The van der Waals surface area contributed by atoms with Crippen LogP contribution in [0.1, 0.15) is 47.9 Å². The summed E-state index contributed by atoms with van der Waals surface area (Å²) in [6.45, 7) is 3.06. The Morgan fingerprint density at radius 1 is 0.346 bits per heavy atom. The second kappa shape index (κ2) is 12.7. The summed E-state index contributed by atoms with van der Waals surface area (Å²) in [7, 11) is 0. The number of carbonyl (C=O) groups excluding carboxylic acids is 2. The average molecular weight is 669 g/mol. The number of rotatable bonds is 2. The molecule has 0 amide bonds. The SMILES string of the molecule is CC(C)=O.O=C(C1c2ccccc2-c2ccccc21)C1c2ccccc2-c2ccccc21.c1cc2cccc3c4cccc5cccc(c(c1)c23)c54. The fourth-order valence-electron chi connectivity index (χ4n) is 8.67. The zero-order valence-electron chi connectivity index (χ0n) is 29.1. The number of hydrogen-bond acceptors (Lipinski definition) is 2. The molecule has 0 aliphatic heterocycles. The van der Waals surface area contributed by atoms with Gasteiger partial charge in [-0.3, -0.25) is 4.79 Å². The molecule has 0 saturated heterocycles. The second-order valence-electron chi connectivity index (χ2n) is 13.9. The van der Waals surface area contributed by atoms with Crippen LogP contribution in [0.2, 0.25) is 0 Å². The third-order valence-electron chi connectivity index (χ3n) is 10.6. The number of benzene rings is 9. The van der Waals surface area contributed by atoms with Gasteiger partial charge in [-0.05, 0) is 101 Å². The van der Waals surface area contributed by atoms with Crippen molar-refractivity contribution in [2.24, 2.45) is 0 Å². The predicted octanol–water partition coefficient (Wildman–Crippen LogP) is 12.5. The lowest BCUT2D eigenvalue weighted by Gasteiger charge is -2.19. The summed E-state index contributed by atoms with van der Waals surface area (Å²) >= 11 is 0. The summed E-state index contributed by atoms with van der Waals surface area (Å²) in [6.07, 6.45) is 0. The largest absolute Gasteiger partial charge is 0.300 e. The molecule has 0 spiro atoms. The average Bonchev–Trinajstić information content (AvgIpc) is 3.70. The van der Waals surface area contributed by atoms with Crippen LogP contribution in [0, 0.1) is 0 Å². The maximum Gasteiger partial charge on any atom is 0.156 e. The van der Waals surface area contributed by atoms with Gasteiger partial charge in [-0.2, -0.15) is 0 Å². The highest BCUT2D eigenvalue weighted by Gasteiger charge is 2.41. The van der Waals surface area contributed by atoms with Gasteiger partial charge >= 0.3 is 0 Å². The molecule has 9 aromatic carbocycles. The van der Waals surface area contributed by atoms with E-state index in [2.05, 4.69) is 146 Å². The zero-order valence-corrected chi connectivity index (χ0v) is 29.1. The van der Waals surface area contributed by atoms with Crippen LogP contribution in [-0.2, 0) is 9.59 Å². The number of ketones is 2. The molecule has 0 heterocycles. The summed E-state index contributed by atoms with van der Waals surface area (Å²) < 4.78 is 0. The molecule has 2 aliphatic rings. The third kappa shape index (κ3) is 5.02. The molecular weight excluding hydrogens is 633 g/mol. The monoisotopic (exact) mass is 668 g/mol. The number of fused-ring (bicyclic) bond motifs is 8. The highest BCUT2D eigenvalue weighted by molar-refractivity contribution is 6.32. The molecule has 2 heteroatoms. The van der Waals surface area contributed by atoms with E-state index in [-0.39, 0.29) is 23.4 Å². The quantitative estimate of drug-likeness (QED) is 0.136. The summed E-state index contributed by atoms with van der Waals surface area (Å²) in [4.78, 5) is 23.5. The van der Waals surface area contributed by atoms with Crippen LogP contribution < -0.4 is 0 Å². The molecule has 0 aromatic heterocycles. The van der Waals surface area contributed by atoms with Gasteiger partial charge in [0.25, 0.3) is 0 Å². The van der Waals surface area contributed by atoms with Crippen molar-refractivity contribution in [1.82, 2.24) is 0 Å². The van der Waals surface area contributed by atoms with Crippen molar-refractivity contribution in [3.8, 4) is 22.3 Å². The van der Waals surface area contributed by atoms with Crippen molar-refractivity contribution in [3.05, 3.63) is 192 Å². The first kappa shape index (κ1) is 31.6. The van der Waals surface area contributed by atoms with E-state index in [1.807, 2.05) is 24.3 Å². The molecule has 0 radical (unpaired) electrons. The Labute approximate surface area is 303 Å². The van der Waals surface area contributed by atoms with Gasteiger partial charge < -0.3 is 4.79 Å². The maximum absolute atomic E-state index is 14.1. The fraction of sp³-hybridized carbons (Fsp3) is 0.0800. The molecule has 0 saturated carbocycles. The van der Waals surface area contributed by atoms with E-state index >= 15 is 0 Å². The van der Waals surface area contributed by atoms with Gasteiger partial charge in [-0.15, -0.1) is 0 Å². The topological polar surface area (TPSA) is 34.1 Å². The number of hydrogen-bond donors (Lipinski definition) is 0. The number of carbonyl (C=O) groups is 2. The van der Waals surface area contributed by atoms with E-state index in [0.29, 0.717) is 0 Å². The summed E-state index contributed by atoms with van der Waals surface area (Å²) in [5.74, 6) is 0.0167. The first-order chi connectivity index (χ1) is 25.5. The molecule has 248 valence electrons. The Morgan fingerprint density at radius 3 is 0.865 bits per heavy atom. The molecule has 0 atom stereocenters. The number of Topliss-reactive ketones (excluding diaryl/α,β-unsaturated/α-hetero) is 2. The lowest BCUT2D eigenvalue weighted by atomic mass is 9.81. The van der Waals surface area contributed by atoms with Gasteiger partial charge in [-0.25, -0.2) is 0 Å². The molecule has 2 aliphatic carbocycles. The third-order valence-corrected chi connectivity index (χ3v) is 10.6. The molecular formula is C50H36O2. The molecule has 0 bridgehead atoms. The van der Waals surface area contributed by atoms with Crippen LogP contribution in [0.15, 0.2) is 170 Å². The zero-order chi connectivity index (χ0) is 35.3. The minimum atomic E-state index is -0.211. The molecule has 0 fully saturated rings. The van der Waals surface area contributed by atoms with Gasteiger partial charge in [0, 0.05) is 0 Å². The Balaban J connectivity index is 0.000000131. The van der Waals surface area contributed by atoms with Crippen molar-refractivity contribution in [1.29, 1.82) is 0 Å². The molecule has 2 nitrogen and oxygen atoms in total. The lowest BCUT2D eigenvalue weighted by Crippen LogP contribution is -2.20. The molecule has 52 heavy (non-hydrogen) atoms. The predicted molar refractivity (Wildman–Crippen MR) is 216 cm³/mol. The molecule has 0 unspecified atom stereocenters. The smallest absolute Gasteiger partial charge is 0.156 e. The van der Waals surface area contributed by atoms with E-state index in [1.165, 1.54) is 79.2 Å². The van der Waals surface area contributed by atoms with Crippen LogP contribution >= 0.6 is 0 Å². The second-order valence-corrected chi connectivity index (χ2v) is 13.9. The van der Waals surface area contributed by atoms with Crippen LogP contribution in [0.3, 0.4) is 0 Å². The van der Waals surface area contributed by atoms with Gasteiger partial charge in [0.2, 0.25) is 0 Å². The van der Waals surface area contributed by atoms with Crippen LogP contribution in [0.4, 0.5) is 0 Å². The Kier molecular flexibility index (Phi) is 7.74. The Hall–Kier alpha value is -6.38. The Bertz CT molecular complexity index is 2460. The molecule has 9 aromatic rings. The van der Waals surface area contributed by atoms with Crippen molar-refractivity contribution in [2.45, 2.75) is 25.7 Å². The van der Waals surface area contributed by atoms with Crippen molar-refractivity contribution >= 4 is 54.7 Å². The summed E-state index contributed by atoms with van der Waals surface area (Å²) in [6, 6.07) is 59.9. The van der Waals surface area contributed by atoms with Crippen molar-refractivity contribution in [3.63, 3.8) is 0 Å². The van der Waals surface area contributed by atoms with Gasteiger partial charge in [0.15, 0.2) is 5.78 Å². The minimum Gasteiger partial charge on any atom is -0.300 e. The highest BCUT2D eigenvalue weighted by atomic mass is 16.1. The van der Waals surface area contributed by atoms with Crippen molar-refractivity contribution in [2.75, 3.05) is 0 Å². The first-order valence-electron chi connectivity index (χ1n) is 17.9. The van der Waals surface area contributed by atoms with Gasteiger partial charge in [0.1, 0.15) is 5.78 Å². The van der Waals surface area contributed by atoms with E-state index < -0.39 is 0 Å². The highest BCUT2D eigenvalue weighted by Crippen LogP contribution is 2.52. The molecule has 11 rings (SSSR count). The summed E-state index contributed by atoms with van der Waals surface area (Å²) in [5.41, 5.74) is 9.30. The van der Waals surface area contributed by atoms with E-state index in [4.69, 9.17) is 0 Å². The Morgan fingerprint density at radius 2 is 0.596 bits per heavy atom. The fourth-order valence-corrected chi connectivity index (χ4v) is 8.67. The van der Waals surface area contributed by atoms with Gasteiger partial charge in [-0.1, -0.05) is 170 Å². The summed E-state index contributed by atoms with van der Waals surface area (Å²) in [5, 5.41) is 10.9. The van der Waals surface area contributed by atoms with Crippen LogP contribution in [0.5, 0.6) is 0 Å². The normalized spacial score (nSPS) is 12.8. The minimum absolute atomic E-state index is 0.167. The van der Waals surface area contributed by atoms with Crippen LogP contribution in [0.25, 0.3) is 65.3 Å². The molecule has 0 N–H and O–H groups in total. The van der Waals surface area contributed by atoms with Crippen LogP contribution in [-0.4, -0.2) is 11.6 Å². The standard InChI is InChI=1S/C27H18O.C20H12.C3H6O/c28-27(25-21-13-5-1-9-17(21)18-10-2-6-14-22(18)25)26-23-15-7-3-11-19(23)20-12-4-8-16-24(20)26;1-5-13-6-2-11-17-18-12-4-8-14-7-3-10-16(20(14)18)15(9-1)19(13)17;1-3(2)4/h1-16,25-26H;1-12H;1-2H3. The first-order valence-corrected chi connectivity index (χ1v) is 17.9. The maximum atomic E-state index is 14.1.